The highest BCUT2D eigenvalue weighted by molar-refractivity contribution is 5.81. The summed E-state index contributed by atoms with van der Waals surface area (Å²) in [5, 5.41) is 3.86. The van der Waals surface area contributed by atoms with Gasteiger partial charge in [0.25, 0.3) is 0 Å². The van der Waals surface area contributed by atoms with Crippen LogP contribution in [0.25, 0.3) is 0 Å². The SMILES string of the molecule is Cc1cc(F)ccc1/C=N\OC(C)(C)C. The average molecular weight is 209 g/mol. The van der Waals surface area contributed by atoms with E-state index >= 15 is 0 Å². The number of hydrogen-bond acceptors (Lipinski definition) is 2. The fourth-order valence-corrected chi connectivity index (χ4v) is 1.03. The van der Waals surface area contributed by atoms with E-state index in [1.807, 2.05) is 27.7 Å². The molecule has 0 bridgehead atoms. The molecule has 15 heavy (non-hydrogen) atoms. The number of benzene rings is 1. The van der Waals surface area contributed by atoms with E-state index in [-0.39, 0.29) is 11.4 Å². The number of oxime groups is 1. The second-order valence-electron chi connectivity index (χ2n) is 4.44. The summed E-state index contributed by atoms with van der Waals surface area (Å²) >= 11 is 0. The van der Waals surface area contributed by atoms with Gasteiger partial charge in [-0.1, -0.05) is 11.2 Å². The molecule has 1 aromatic rings. The number of hydrogen-bond donors (Lipinski definition) is 0. The van der Waals surface area contributed by atoms with Gasteiger partial charge in [0.1, 0.15) is 11.4 Å². The lowest BCUT2D eigenvalue weighted by molar-refractivity contribution is 0.00199. The maximum absolute atomic E-state index is 12.8. The van der Waals surface area contributed by atoms with Gasteiger partial charge in [0.2, 0.25) is 0 Å². The molecule has 0 amide bonds. The Balaban J connectivity index is 2.73. The van der Waals surface area contributed by atoms with E-state index in [4.69, 9.17) is 4.84 Å². The van der Waals surface area contributed by atoms with E-state index in [9.17, 15) is 4.39 Å². The van der Waals surface area contributed by atoms with Crippen LogP contribution in [-0.4, -0.2) is 11.8 Å². The van der Waals surface area contributed by atoms with Gasteiger partial charge in [0, 0.05) is 0 Å². The molecule has 82 valence electrons. The van der Waals surface area contributed by atoms with Gasteiger partial charge in [-0.15, -0.1) is 0 Å². The van der Waals surface area contributed by atoms with Gasteiger partial charge in [0.15, 0.2) is 0 Å². The minimum atomic E-state index is -0.301. The zero-order valence-electron chi connectivity index (χ0n) is 9.54. The largest absolute Gasteiger partial charge is 0.390 e. The molecule has 0 unspecified atom stereocenters. The quantitative estimate of drug-likeness (QED) is 0.541. The molecule has 0 aliphatic carbocycles. The van der Waals surface area contributed by atoms with Gasteiger partial charge in [-0.05, 0) is 51.0 Å². The Bertz CT molecular complexity index is 366. The van der Waals surface area contributed by atoms with Gasteiger partial charge >= 0.3 is 0 Å². The van der Waals surface area contributed by atoms with Crippen LogP contribution in [0.3, 0.4) is 0 Å². The van der Waals surface area contributed by atoms with Crippen molar-refractivity contribution in [3.63, 3.8) is 0 Å². The molecule has 0 fully saturated rings. The number of nitrogens with zero attached hydrogens (tertiary/aromatic N) is 1. The van der Waals surface area contributed by atoms with E-state index in [0.717, 1.165) is 11.1 Å². The van der Waals surface area contributed by atoms with Crippen LogP contribution >= 0.6 is 0 Å². The molecule has 0 aliphatic rings. The van der Waals surface area contributed by atoms with Gasteiger partial charge in [-0.25, -0.2) is 4.39 Å². The Morgan fingerprint density at radius 2 is 2.00 bits per heavy atom. The van der Waals surface area contributed by atoms with Crippen LogP contribution in [0, 0.1) is 12.7 Å². The maximum Gasteiger partial charge on any atom is 0.129 e. The summed E-state index contributed by atoms with van der Waals surface area (Å²) in [7, 11) is 0. The third-order valence-electron chi connectivity index (χ3n) is 1.75. The third-order valence-corrected chi connectivity index (χ3v) is 1.75. The highest BCUT2D eigenvalue weighted by Gasteiger charge is 2.09. The van der Waals surface area contributed by atoms with E-state index < -0.39 is 0 Å². The molecule has 0 N–H and O–H groups in total. The van der Waals surface area contributed by atoms with Crippen LogP contribution in [0.15, 0.2) is 23.4 Å². The van der Waals surface area contributed by atoms with Crippen molar-refractivity contribution in [1.29, 1.82) is 0 Å². The van der Waals surface area contributed by atoms with E-state index in [1.54, 1.807) is 12.3 Å². The lowest BCUT2D eigenvalue weighted by Gasteiger charge is -2.14. The predicted octanol–water partition coefficient (Wildman–Crippen LogP) is 3.28. The van der Waals surface area contributed by atoms with Crippen LogP contribution in [0.5, 0.6) is 0 Å². The van der Waals surface area contributed by atoms with Crippen molar-refractivity contribution in [2.75, 3.05) is 0 Å². The minimum absolute atomic E-state index is 0.235. The van der Waals surface area contributed by atoms with E-state index in [2.05, 4.69) is 5.16 Å². The Hall–Kier alpha value is -1.38. The summed E-state index contributed by atoms with van der Waals surface area (Å²) in [6, 6.07) is 4.56. The van der Waals surface area contributed by atoms with Crippen LogP contribution in [0.1, 0.15) is 31.9 Å². The highest BCUT2D eigenvalue weighted by Crippen LogP contribution is 2.10. The Morgan fingerprint density at radius 1 is 1.33 bits per heavy atom. The average Bonchev–Trinajstić information content (AvgIpc) is 2.07. The molecule has 0 heterocycles. The van der Waals surface area contributed by atoms with Crippen molar-refractivity contribution in [3.8, 4) is 0 Å². The Kier molecular flexibility index (Phi) is 3.45. The summed E-state index contributed by atoms with van der Waals surface area (Å²) in [6.07, 6.45) is 1.60. The fraction of sp³-hybridized carbons (Fsp3) is 0.417. The maximum atomic E-state index is 12.8. The molecule has 0 saturated heterocycles. The zero-order valence-corrected chi connectivity index (χ0v) is 9.54. The molecule has 1 aromatic carbocycles. The van der Waals surface area contributed by atoms with Crippen molar-refractivity contribution in [2.45, 2.75) is 33.3 Å². The van der Waals surface area contributed by atoms with Gasteiger partial charge in [-0.3, -0.25) is 0 Å². The normalized spacial score (nSPS) is 12.1. The summed E-state index contributed by atoms with van der Waals surface area (Å²) in [4.78, 5) is 5.19. The Labute approximate surface area is 89.7 Å². The predicted molar refractivity (Wildman–Crippen MR) is 59.6 cm³/mol. The van der Waals surface area contributed by atoms with Crippen molar-refractivity contribution < 1.29 is 9.23 Å². The Morgan fingerprint density at radius 3 is 2.53 bits per heavy atom. The molecule has 0 aromatic heterocycles. The van der Waals surface area contributed by atoms with Crippen molar-refractivity contribution in [3.05, 3.63) is 35.1 Å². The minimum Gasteiger partial charge on any atom is -0.390 e. The van der Waals surface area contributed by atoms with E-state index in [1.165, 1.54) is 12.1 Å². The lowest BCUT2D eigenvalue weighted by Crippen LogP contribution is -2.15. The molecular formula is C12H16FNO. The highest BCUT2D eigenvalue weighted by atomic mass is 19.1. The van der Waals surface area contributed by atoms with Crippen molar-refractivity contribution >= 4 is 6.21 Å². The molecule has 0 atom stereocenters. The monoisotopic (exact) mass is 209 g/mol. The summed E-state index contributed by atoms with van der Waals surface area (Å²) < 4.78 is 12.8. The van der Waals surface area contributed by atoms with Crippen LogP contribution < -0.4 is 0 Å². The van der Waals surface area contributed by atoms with Crippen molar-refractivity contribution in [1.82, 2.24) is 0 Å². The molecule has 0 aliphatic heterocycles. The molecule has 0 radical (unpaired) electrons. The van der Waals surface area contributed by atoms with Gasteiger partial charge in [0.05, 0.1) is 6.21 Å². The summed E-state index contributed by atoms with van der Waals surface area (Å²) in [6.45, 7) is 7.59. The van der Waals surface area contributed by atoms with Crippen LogP contribution in [-0.2, 0) is 4.84 Å². The standard InChI is InChI=1S/C12H16FNO/c1-9-7-11(13)6-5-10(9)8-14-15-12(2,3)4/h5-8H,1-4H3/b14-8-. The molecule has 0 spiro atoms. The van der Waals surface area contributed by atoms with Crippen LogP contribution in [0.2, 0.25) is 0 Å². The second-order valence-corrected chi connectivity index (χ2v) is 4.44. The van der Waals surface area contributed by atoms with Gasteiger partial charge in [-0.2, -0.15) is 0 Å². The van der Waals surface area contributed by atoms with Gasteiger partial charge < -0.3 is 4.84 Å². The summed E-state index contributed by atoms with van der Waals surface area (Å²) in [5.74, 6) is -0.235. The number of aryl methyl sites for hydroxylation is 1. The van der Waals surface area contributed by atoms with Crippen LogP contribution in [0.4, 0.5) is 4.39 Å². The molecule has 3 heteroatoms. The summed E-state index contributed by atoms with van der Waals surface area (Å²) in [5.41, 5.74) is 1.40. The zero-order chi connectivity index (χ0) is 11.5. The first-order chi connectivity index (χ1) is 6.88. The third kappa shape index (κ3) is 4.11. The first-order valence-electron chi connectivity index (χ1n) is 4.86. The number of rotatable bonds is 2. The smallest absolute Gasteiger partial charge is 0.129 e. The first-order valence-corrected chi connectivity index (χ1v) is 4.86. The topological polar surface area (TPSA) is 21.6 Å². The molecule has 1 rings (SSSR count). The molecule has 0 saturated carbocycles. The first kappa shape index (κ1) is 11.7. The fourth-order valence-electron chi connectivity index (χ4n) is 1.03. The molecular weight excluding hydrogens is 193 g/mol. The molecule has 2 nitrogen and oxygen atoms in total. The van der Waals surface area contributed by atoms with Crippen molar-refractivity contribution in [2.24, 2.45) is 5.16 Å². The second kappa shape index (κ2) is 4.43. The lowest BCUT2D eigenvalue weighted by atomic mass is 10.1. The number of halogens is 1. The van der Waals surface area contributed by atoms with E-state index in [0.29, 0.717) is 0 Å².